The Hall–Kier alpha value is -1.29. The summed E-state index contributed by atoms with van der Waals surface area (Å²) in [6.07, 6.45) is 33.6. The molecule has 0 bridgehead atoms. The first-order chi connectivity index (χ1) is 25.4. The summed E-state index contributed by atoms with van der Waals surface area (Å²) in [4.78, 5) is 13.9. The number of hydrogen-bond acceptors (Lipinski definition) is 7. The molecule has 296 valence electrons. The van der Waals surface area contributed by atoms with Crippen LogP contribution < -0.4 is 0 Å². The smallest absolute Gasteiger partial charge is 0.303 e. The second-order valence-corrected chi connectivity index (χ2v) is 17.5. The monoisotopic (exact) mass is 728 g/mol. The highest BCUT2D eigenvalue weighted by Crippen LogP contribution is 2.51. The predicted molar refractivity (Wildman–Crippen MR) is 205 cm³/mol. The van der Waals surface area contributed by atoms with Gasteiger partial charge in [-0.3, -0.25) is 9.69 Å². The number of fused-ring (bicyclic) bond motifs is 3. The summed E-state index contributed by atoms with van der Waals surface area (Å²) in [6, 6.07) is 2.60. The molecule has 1 N–H and O–H groups in total. The Labute approximate surface area is 315 Å². The Morgan fingerprint density at radius 2 is 1.12 bits per heavy atom. The maximum absolute atomic E-state index is 10.8. The molecular weight excluding hydrogens is 654 g/mol. The summed E-state index contributed by atoms with van der Waals surface area (Å²) in [5.41, 5.74) is 0. The minimum absolute atomic E-state index is 0.0445. The first kappa shape index (κ1) is 40.4. The number of hydrogen-bond donors (Lipinski definition) is 1. The van der Waals surface area contributed by atoms with Crippen LogP contribution in [0.25, 0.3) is 0 Å². The molecule has 8 heteroatoms. The molecule has 10 atom stereocenters. The maximum Gasteiger partial charge on any atom is 0.303 e. The van der Waals surface area contributed by atoms with E-state index >= 15 is 0 Å². The van der Waals surface area contributed by atoms with E-state index in [2.05, 4.69) is 29.2 Å². The van der Waals surface area contributed by atoms with Crippen LogP contribution in [0.3, 0.4) is 0 Å². The largest absolute Gasteiger partial charge is 0.481 e. The molecule has 0 spiro atoms. The van der Waals surface area contributed by atoms with Crippen LogP contribution in [0, 0.1) is 35.5 Å². The molecule has 52 heavy (non-hydrogen) atoms. The first-order valence-corrected chi connectivity index (χ1v) is 21.5. The zero-order valence-corrected chi connectivity index (χ0v) is 33.1. The Kier molecular flexibility index (Phi) is 15.6. The highest BCUT2D eigenvalue weighted by Gasteiger charge is 2.51. The fourth-order valence-electron chi connectivity index (χ4n) is 11.9. The molecule has 6 aliphatic rings. The Morgan fingerprint density at radius 1 is 0.596 bits per heavy atom. The molecule has 10 unspecified atom stereocenters. The molecule has 6 fully saturated rings. The number of carbonyl (C=O) groups is 1. The minimum Gasteiger partial charge on any atom is -0.481 e. The average molecular weight is 728 g/mol. The summed E-state index contributed by atoms with van der Waals surface area (Å²) in [5, 5.41) is 8.88. The topological polar surface area (TPSA) is 86.7 Å². The third-order valence-corrected chi connectivity index (χ3v) is 14.6. The van der Waals surface area contributed by atoms with Crippen molar-refractivity contribution in [3.8, 4) is 0 Å². The van der Waals surface area contributed by atoms with Gasteiger partial charge in [-0.15, -0.1) is 0 Å². The van der Waals surface area contributed by atoms with Gasteiger partial charge >= 0.3 is 5.97 Å². The van der Waals surface area contributed by atoms with Gasteiger partial charge < -0.3 is 28.8 Å². The molecule has 1 heterocycles. The van der Waals surface area contributed by atoms with Crippen molar-refractivity contribution in [2.24, 2.45) is 35.5 Å². The minimum atomic E-state index is -0.737. The van der Waals surface area contributed by atoms with Crippen LogP contribution in [0.1, 0.15) is 128 Å². The van der Waals surface area contributed by atoms with Crippen molar-refractivity contribution in [3.05, 3.63) is 24.3 Å². The number of allylic oxidation sites excluding steroid dienone is 2. The summed E-state index contributed by atoms with van der Waals surface area (Å²) < 4.78 is 30.5. The van der Waals surface area contributed by atoms with Crippen LogP contribution in [-0.2, 0) is 28.5 Å². The molecular formula is C44H73NO7. The number of nitrogens with zero attached hydrogens (tertiary/aromatic N) is 1. The van der Waals surface area contributed by atoms with Gasteiger partial charge in [0.2, 0.25) is 0 Å². The Morgan fingerprint density at radius 3 is 1.63 bits per heavy atom. The van der Waals surface area contributed by atoms with E-state index < -0.39 is 5.97 Å². The van der Waals surface area contributed by atoms with Gasteiger partial charge in [0.25, 0.3) is 0 Å². The lowest BCUT2D eigenvalue weighted by atomic mass is 9.73. The molecule has 0 aromatic carbocycles. The van der Waals surface area contributed by atoms with Crippen LogP contribution in [0.4, 0.5) is 0 Å². The van der Waals surface area contributed by atoms with E-state index in [1.807, 2.05) is 14.2 Å². The molecule has 1 saturated heterocycles. The van der Waals surface area contributed by atoms with Gasteiger partial charge in [0.05, 0.1) is 24.4 Å². The number of unbranched alkanes of at least 4 members (excludes halogenated alkanes) is 2. The number of likely N-dealkylation sites (tertiary alicyclic amines) is 1. The zero-order valence-electron chi connectivity index (χ0n) is 33.1. The van der Waals surface area contributed by atoms with Crippen LogP contribution in [0.2, 0.25) is 0 Å². The lowest BCUT2D eigenvalue weighted by Crippen LogP contribution is -2.48. The molecule has 0 aromatic rings. The number of carboxylic acid groups (broad SMARTS) is 1. The molecule has 5 aliphatic carbocycles. The molecule has 0 aromatic heterocycles. The Bertz CT molecular complexity index is 1100. The number of rotatable bonds is 16. The predicted octanol–water partition coefficient (Wildman–Crippen LogP) is 8.62. The van der Waals surface area contributed by atoms with E-state index in [9.17, 15) is 4.79 Å². The van der Waals surface area contributed by atoms with Crippen molar-refractivity contribution >= 4 is 5.97 Å². The number of ether oxygens (including phenoxy) is 5. The molecule has 0 amide bonds. The highest BCUT2D eigenvalue weighted by molar-refractivity contribution is 5.66. The van der Waals surface area contributed by atoms with E-state index in [0.717, 1.165) is 68.5 Å². The van der Waals surface area contributed by atoms with Crippen molar-refractivity contribution in [1.82, 2.24) is 4.90 Å². The van der Waals surface area contributed by atoms with E-state index in [4.69, 9.17) is 28.8 Å². The van der Waals surface area contributed by atoms with Crippen molar-refractivity contribution in [3.63, 3.8) is 0 Å². The van der Waals surface area contributed by atoms with Gasteiger partial charge in [0.15, 0.2) is 0 Å². The van der Waals surface area contributed by atoms with E-state index in [1.165, 1.54) is 77.0 Å². The second-order valence-electron chi connectivity index (χ2n) is 17.5. The van der Waals surface area contributed by atoms with Crippen LogP contribution in [0.5, 0.6) is 0 Å². The fraction of sp³-hybridized carbons (Fsp3) is 0.886. The van der Waals surface area contributed by atoms with Crippen LogP contribution in [0.15, 0.2) is 24.3 Å². The molecule has 6 rings (SSSR count). The SMILES string of the molecule is COC1CC(/C=C/C2CC(OC)C(OCCCCCC(=O)O)C(OC)C2)C(OC)CC1/C=C/C1CCC(N2C3CCCCC3C3CCCCC32)CC1. The first-order valence-electron chi connectivity index (χ1n) is 21.5. The van der Waals surface area contributed by atoms with Crippen LogP contribution >= 0.6 is 0 Å². The molecule has 5 saturated carbocycles. The average Bonchev–Trinajstić information content (AvgIpc) is 3.51. The van der Waals surface area contributed by atoms with Gasteiger partial charge in [-0.05, 0) is 114 Å². The third-order valence-electron chi connectivity index (χ3n) is 14.6. The van der Waals surface area contributed by atoms with Crippen molar-refractivity contribution in [1.29, 1.82) is 0 Å². The Balaban J connectivity index is 0.983. The van der Waals surface area contributed by atoms with Crippen molar-refractivity contribution in [2.75, 3.05) is 35.0 Å². The fourth-order valence-corrected chi connectivity index (χ4v) is 11.9. The van der Waals surface area contributed by atoms with Gasteiger partial charge in [0.1, 0.15) is 6.10 Å². The van der Waals surface area contributed by atoms with Crippen molar-refractivity contribution < 1.29 is 33.6 Å². The van der Waals surface area contributed by atoms with Gasteiger partial charge in [-0.1, -0.05) is 56.4 Å². The normalized spacial score (nSPS) is 41.7. The molecule has 0 radical (unpaired) electrons. The van der Waals surface area contributed by atoms with E-state index in [-0.39, 0.29) is 36.9 Å². The van der Waals surface area contributed by atoms with Gasteiger partial charge in [0, 0.05) is 71.4 Å². The standard InChI is InChI=1S/C44H73NO7/c1-48-39-29-33(22-18-31-26-41(50-3)44(42(27-31)51-4)52-25-11-5-6-16-43(46)47)40(49-2)28-32(39)21-17-30-19-23-34(24-20-30)45-37-14-9-7-12-35(37)36-13-8-10-15-38(36)45/h17-18,21-22,30-42,44H,5-16,19-20,23-29H2,1-4H3,(H,46,47)/b21-17+,22-18+. The highest BCUT2D eigenvalue weighted by atomic mass is 16.6. The van der Waals surface area contributed by atoms with Gasteiger partial charge in [-0.2, -0.15) is 0 Å². The van der Waals surface area contributed by atoms with Gasteiger partial charge in [-0.25, -0.2) is 0 Å². The summed E-state index contributed by atoms with van der Waals surface area (Å²) >= 11 is 0. The lowest BCUT2D eigenvalue weighted by Gasteiger charge is -2.43. The quantitative estimate of drug-likeness (QED) is 0.125. The number of methoxy groups -OCH3 is 4. The maximum atomic E-state index is 10.8. The second kappa shape index (κ2) is 20.0. The third kappa shape index (κ3) is 9.92. The lowest BCUT2D eigenvalue weighted by molar-refractivity contribution is -0.149. The van der Waals surface area contributed by atoms with Crippen molar-refractivity contribution in [2.45, 2.75) is 177 Å². The zero-order chi connectivity index (χ0) is 36.5. The van der Waals surface area contributed by atoms with Crippen LogP contribution in [-0.4, -0.2) is 99.7 Å². The number of carboxylic acids is 1. The summed E-state index contributed by atoms with van der Waals surface area (Å²) in [7, 11) is 7.29. The van der Waals surface area contributed by atoms with E-state index in [0.29, 0.717) is 36.7 Å². The number of aliphatic carboxylic acids is 1. The summed E-state index contributed by atoms with van der Waals surface area (Å²) in [6.45, 7) is 0.595. The molecule has 1 aliphatic heterocycles. The summed E-state index contributed by atoms with van der Waals surface area (Å²) in [5.74, 6) is 2.99. The molecule has 8 nitrogen and oxygen atoms in total. The van der Waals surface area contributed by atoms with E-state index in [1.54, 1.807) is 14.2 Å².